The number of nitrogens with zero attached hydrogens (tertiary/aromatic N) is 1. The topological polar surface area (TPSA) is 39.3 Å². The lowest BCUT2D eigenvalue weighted by Gasteiger charge is -2.29. The van der Waals surface area contributed by atoms with Crippen molar-refractivity contribution in [3.05, 3.63) is 0 Å². The van der Waals surface area contributed by atoms with Gasteiger partial charge in [0.05, 0.1) is 0 Å². The monoisotopic (exact) mass is 312 g/mol. The van der Waals surface area contributed by atoms with Crippen LogP contribution in [0.15, 0.2) is 0 Å². The van der Waals surface area contributed by atoms with Crippen molar-refractivity contribution in [3.8, 4) is 0 Å². The van der Waals surface area contributed by atoms with Gasteiger partial charge in [0.1, 0.15) is 0 Å². The lowest BCUT2D eigenvalue weighted by atomic mass is 9.88. The molecule has 0 bridgehead atoms. The van der Waals surface area contributed by atoms with Crippen LogP contribution >= 0.6 is 0 Å². The summed E-state index contributed by atoms with van der Waals surface area (Å²) in [5.74, 6) is 0. The van der Waals surface area contributed by atoms with Crippen LogP contribution in [0.4, 0.5) is 0 Å². The fraction of sp³-hybridized carbons (Fsp3) is 1.00. The normalized spacial score (nSPS) is 20.0. The Kier molecular flexibility index (Phi) is 8.33. The smallest absolute Gasteiger partial charge is 0.0204 e. The van der Waals surface area contributed by atoms with Crippen molar-refractivity contribution in [2.24, 2.45) is 10.8 Å². The van der Waals surface area contributed by atoms with E-state index in [1.54, 1.807) is 0 Å². The molecule has 1 rings (SSSR count). The highest BCUT2D eigenvalue weighted by Crippen LogP contribution is 2.20. The fourth-order valence-electron chi connectivity index (χ4n) is 2.68. The second-order valence-corrected chi connectivity index (χ2v) is 9.03. The van der Waals surface area contributed by atoms with Gasteiger partial charge in [-0.2, -0.15) is 0 Å². The van der Waals surface area contributed by atoms with E-state index in [1.807, 2.05) is 0 Å². The molecule has 1 atom stereocenters. The molecule has 22 heavy (non-hydrogen) atoms. The summed E-state index contributed by atoms with van der Waals surface area (Å²) in [5.41, 5.74) is 0.747. The molecule has 4 nitrogen and oxygen atoms in total. The number of nitrogens with one attached hydrogen (secondary N) is 3. The molecule has 0 aromatic carbocycles. The summed E-state index contributed by atoms with van der Waals surface area (Å²) in [6, 6.07) is 0.679. The van der Waals surface area contributed by atoms with Crippen LogP contribution in [0.1, 0.15) is 47.5 Å². The summed E-state index contributed by atoms with van der Waals surface area (Å²) in [4.78, 5) is 2.45. The van der Waals surface area contributed by atoms with Crippen molar-refractivity contribution < 1.29 is 0 Å². The predicted octanol–water partition coefficient (Wildman–Crippen LogP) is 1.92. The molecule has 1 fully saturated rings. The first-order chi connectivity index (χ1) is 10.2. The summed E-state index contributed by atoms with van der Waals surface area (Å²) in [6.07, 6.45) is 2.52. The van der Waals surface area contributed by atoms with Gasteiger partial charge in [0.25, 0.3) is 0 Å². The highest BCUT2D eigenvalue weighted by Gasteiger charge is 2.21. The Hall–Kier alpha value is -0.160. The van der Waals surface area contributed by atoms with Gasteiger partial charge in [-0.05, 0) is 43.8 Å². The quantitative estimate of drug-likeness (QED) is 0.539. The first-order valence-electron chi connectivity index (χ1n) is 9.01. The van der Waals surface area contributed by atoms with Gasteiger partial charge in [-0.3, -0.25) is 0 Å². The Bertz CT molecular complexity index is 290. The standard InChI is InChI=1S/C18H40N4/c1-17(2,3)14-20-10-12-22(6)11-8-18(4,5)15-21-16-7-9-19-13-16/h16,19-21H,7-15H2,1-6H3. The lowest BCUT2D eigenvalue weighted by molar-refractivity contribution is 0.234. The molecule has 1 aliphatic heterocycles. The Morgan fingerprint density at radius 3 is 2.41 bits per heavy atom. The third-order valence-electron chi connectivity index (χ3n) is 4.43. The third-order valence-corrected chi connectivity index (χ3v) is 4.43. The van der Waals surface area contributed by atoms with E-state index in [0.717, 1.165) is 32.7 Å². The number of hydrogen-bond acceptors (Lipinski definition) is 4. The molecule has 0 radical (unpaired) electrons. The van der Waals surface area contributed by atoms with E-state index in [9.17, 15) is 0 Å². The van der Waals surface area contributed by atoms with E-state index >= 15 is 0 Å². The van der Waals surface area contributed by atoms with E-state index < -0.39 is 0 Å². The maximum absolute atomic E-state index is 3.72. The first kappa shape index (κ1) is 19.9. The van der Waals surface area contributed by atoms with E-state index in [1.165, 1.54) is 25.9 Å². The Morgan fingerprint density at radius 1 is 1.09 bits per heavy atom. The van der Waals surface area contributed by atoms with Gasteiger partial charge in [-0.1, -0.05) is 34.6 Å². The molecule has 3 N–H and O–H groups in total. The Morgan fingerprint density at radius 2 is 1.82 bits per heavy atom. The van der Waals surface area contributed by atoms with Crippen LogP contribution in [0.3, 0.4) is 0 Å². The van der Waals surface area contributed by atoms with E-state index in [0.29, 0.717) is 16.9 Å². The van der Waals surface area contributed by atoms with Crippen LogP contribution in [-0.4, -0.2) is 63.8 Å². The molecule has 1 heterocycles. The molecule has 0 saturated carbocycles. The highest BCUT2D eigenvalue weighted by molar-refractivity contribution is 4.81. The number of hydrogen-bond donors (Lipinski definition) is 3. The van der Waals surface area contributed by atoms with Gasteiger partial charge in [0.15, 0.2) is 0 Å². The predicted molar refractivity (Wildman–Crippen MR) is 97.5 cm³/mol. The second-order valence-electron chi connectivity index (χ2n) is 9.03. The maximum atomic E-state index is 3.72. The second kappa shape index (κ2) is 9.21. The molecule has 0 amide bonds. The molecule has 0 aromatic rings. The van der Waals surface area contributed by atoms with Crippen LogP contribution in [0.5, 0.6) is 0 Å². The van der Waals surface area contributed by atoms with Crippen LogP contribution in [0, 0.1) is 10.8 Å². The molecule has 0 aromatic heterocycles. The van der Waals surface area contributed by atoms with Crippen molar-refractivity contribution >= 4 is 0 Å². The van der Waals surface area contributed by atoms with Crippen molar-refractivity contribution in [2.75, 3.05) is 52.9 Å². The summed E-state index contributed by atoms with van der Waals surface area (Å²) < 4.78 is 0. The molecule has 1 aliphatic rings. The lowest BCUT2D eigenvalue weighted by Crippen LogP contribution is -2.40. The maximum Gasteiger partial charge on any atom is 0.0204 e. The van der Waals surface area contributed by atoms with Crippen LogP contribution in [-0.2, 0) is 0 Å². The first-order valence-corrected chi connectivity index (χ1v) is 9.01. The molecule has 4 heteroatoms. The van der Waals surface area contributed by atoms with Crippen molar-refractivity contribution in [2.45, 2.75) is 53.5 Å². The van der Waals surface area contributed by atoms with Crippen LogP contribution < -0.4 is 16.0 Å². The molecular weight excluding hydrogens is 272 g/mol. The molecule has 0 aliphatic carbocycles. The van der Waals surface area contributed by atoms with Crippen molar-refractivity contribution in [1.29, 1.82) is 0 Å². The van der Waals surface area contributed by atoms with Gasteiger partial charge in [-0.25, -0.2) is 0 Å². The summed E-state index contributed by atoms with van der Waals surface area (Å²) in [7, 11) is 2.24. The number of rotatable bonds is 10. The van der Waals surface area contributed by atoms with Gasteiger partial charge in [-0.15, -0.1) is 0 Å². The fourth-order valence-corrected chi connectivity index (χ4v) is 2.68. The Balaban J connectivity index is 2.09. The highest BCUT2D eigenvalue weighted by atomic mass is 15.1. The van der Waals surface area contributed by atoms with Crippen LogP contribution in [0.2, 0.25) is 0 Å². The third kappa shape index (κ3) is 9.78. The molecule has 0 spiro atoms. The average molecular weight is 313 g/mol. The van der Waals surface area contributed by atoms with E-state index in [4.69, 9.17) is 0 Å². The van der Waals surface area contributed by atoms with Crippen molar-refractivity contribution in [3.63, 3.8) is 0 Å². The molecule has 1 unspecified atom stereocenters. The SMILES string of the molecule is CN(CCNCC(C)(C)C)CCC(C)(C)CNC1CCNC1. The van der Waals surface area contributed by atoms with Gasteiger partial charge >= 0.3 is 0 Å². The largest absolute Gasteiger partial charge is 0.315 e. The van der Waals surface area contributed by atoms with Gasteiger partial charge in [0, 0.05) is 38.8 Å². The van der Waals surface area contributed by atoms with E-state index in [2.05, 4.69) is 62.5 Å². The van der Waals surface area contributed by atoms with Crippen molar-refractivity contribution in [1.82, 2.24) is 20.9 Å². The summed E-state index contributed by atoms with van der Waals surface area (Å²) in [6.45, 7) is 19.5. The van der Waals surface area contributed by atoms with Gasteiger partial charge < -0.3 is 20.9 Å². The minimum Gasteiger partial charge on any atom is -0.315 e. The zero-order chi connectivity index (χ0) is 16.6. The zero-order valence-corrected chi connectivity index (χ0v) is 15.9. The Labute approximate surface area is 138 Å². The minimum absolute atomic E-state index is 0.371. The van der Waals surface area contributed by atoms with E-state index in [-0.39, 0.29) is 0 Å². The molecule has 1 saturated heterocycles. The molecular formula is C18H40N4. The summed E-state index contributed by atoms with van der Waals surface area (Å²) in [5, 5.41) is 10.7. The minimum atomic E-state index is 0.371. The zero-order valence-electron chi connectivity index (χ0n) is 15.9. The molecule has 132 valence electrons. The number of likely N-dealkylation sites (N-methyl/N-ethyl adjacent to an activating group) is 1. The van der Waals surface area contributed by atoms with Crippen LogP contribution in [0.25, 0.3) is 0 Å². The summed E-state index contributed by atoms with van der Waals surface area (Å²) >= 11 is 0. The van der Waals surface area contributed by atoms with Gasteiger partial charge in [0.2, 0.25) is 0 Å². The average Bonchev–Trinajstić information content (AvgIpc) is 2.92.